The molecule has 3 nitrogen and oxygen atoms in total. The van der Waals surface area contributed by atoms with Crippen LogP contribution in [-0.4, -0.2) is 15.5 Å². The highest BCUT2D eigenvalue weighted by Gasteiger charge is 2.18. The van der Waals surface area contributed by atoms with Crippen LogP contribution in [0.4, 0.5) is 0 Å². The molecule has 0 aliphatic heterocycles. The van der Waals surface area contributed by atoms with Crippen LogP contribution in [-0.2, 0) is 6.42 Å². The van der Waals surface area contributed by atoms with Crippen molar-refractivity contribution in [2.45, 2.75) is 25.7 Å². The molecular formula is C19H17Br2N3. The van der Waals surface area contributed by atoms with Crippen LogP contribution in [0.5, 0.6) is 0 Å². The molecule has 0 saturated heterocycles. The van der Waals surface area contributed by atoms with Crippen molar-refractivity contribution in [2.24, 2.45) is 0 Å². The maximum Gasteiger partial charge on any atom is 0.100 e. The standard InChI is InChI=1S/C19H17Br2N3/c20-9-5-1-2-7-14-10-13-6-3-4-8-15(13)16(11-22)18(14)19-17(21)12-23-24-19/h3-4,6,8,10,12H,1-2,5,7,9H2,(H,23,24). The highest BCUT2D eigenvalue weighted by atomic mass is 79.9. The van der Waals surface area contributed by atoms with Crippen molar-refractivity contribution in [1.29, 1.82) is 5.26 Å². The van der Waals surface area contributed by atoms with E-state index in [1.165, 1.54) is 18.4 Å². The van der Waals surface area contributed by atoms with Gasteiger partial charge >= 0.3 is 0 Å². The lowest BCUT2D eigenvalue weighted by atomic mass is 9.90. The number of hydrogen-bond acceptors (Lipinski definition) is 2. The van der Waals surface area contributed by atoms with Gasteiger partial charge in [0.25, 0.3) is 0 Å². The molecular weight excluding hydrogens is 430 g/mol. The minimum atomic E-state index is 0.716. The molecule has 0 unspecified atom stereocenters. The lowest BCUT2D eigenvalue weighted by Crippen LogP contribution is -1.97. The quantitative estimate of drug-likeness (QED) is 0.374. The molecule has 1 aromatic heterocycles. The Morgan fingerprint density at radius 2 is 2.00 bits per heavy atom. The molecule has 0 radical (unpaired) electrons. The summed E-state index contributed by atoms with van der Waals surface area (Å²) in [4.78, 5) is 0. The van der Waals surface area contributed by atoms with E-state index in [1.807, 2.05) is 18.2 Å². The number of aryl methyl sites for hydroxylation is 1. The van der Waals surface area contributed by atoms with E-state index in [4.69, 9.17) is 0 Å². The van der Waals surface area contributed by atoms with Crippen LogP contribution in [0.15, 0.2) is 41.0 Å². The second-order valence-corrected chi connectivity index (χ2v) is 7.36. The van der Waals surface area contributed by atoms with E-state index in [1.54, 1.807) is 6.20 Å². The fourth-order valence-electron chi connectivity index (χ4n) is 3.04. The number of nitriles is 1. The third kappa shape index (κ3) is 3.40. The Balaban J connectivity index is 2.17. The average molecular weight is 447 g/mol. The maximum absolute atomic E-state index is 9.83. The topological polar surface area (TPSA) is 52.5 Å². The molecule has 0 aliphatic rings. The molecule has 1 heterocycles. The Morgan fingerprint density at radius 3 is 2.71 bits per heavy atom. The molecule has 122 valence electrons. The van der Waals surface area contributed by atoms with Crippen molar-refractivity contribution in [2.75, 3.05) is 5.33 Å². The number of halogens is 2. The molecule has 3 aromatic rings. The van der Waals surface area contributed by atoms with Gasteiger partial charge < -0.3 is 0 Å². The predicted molar refractivity (Wildman–Crippen MR) is 105 cm³/mol. The molecule has 0 amide bonds. The molecule has 0 saturated carbocycles. The number of rotatable bonds is 6. The highest BCUT2D eigenvalue weighted by Crippen LogP contribution is 2.36. The van der Waals surface area contributed by atoms with Gasteiger partial charge in [-0.05, 0) is 46.1 Å². The zero-order valence-corrected chi connectivity index (χ0v) is 16.3. The van der Waals surface area contributed by atoms with Gasteiger partial charge in [0.05, 0.1) is 21.9 Å². The summed E-state index contributed by atoms with van der Waals surface area (Å²) in [7, 11) is 0. The molecule has 0 spiro atoms. The first-order valence-corrected chi connectivity index (χ1v) is 9.87. The first-order chi connectivity index (χ1) is 11.8. The third-order valence-corrected chi connectivity index (χ3v) is 5.33. The molecule has 1 N–H and O–H groups in total. The van der Waals surface area contributed by atoms with E-state index < -0.39 is 0 Å². The second-order valence-electron chi connectivity index (χ2n) is 5.71. The van der Waals surface area contributed by atoms with E-state index in [-0.39, 0.29) is 0 Å². The van der Waals surface area contributed by atoms with E-state index in [9.17, 15) is 5.26 Å². The second kappa shape index (κ2) is 7.96. The summed E-state index contributed by atoms with van der Waals surface area (Å²) >= 11 is 7.03. The van der Waals surface area contributed by atoms with Crippen molar-refractivity contribution in [3.05, 3.63) is 52.1 Å². The number of hydrogen-bond donors (Lipinski definition) is 1. The summed E-state index contributed by atoms with van der Waals surface area (Å²) in [5.74, 6) is 0. The van der Waals surface area contributed by atoms with Crippen LogP contribution in [0.25, 0.3) is 22.0 Å². The van der Waals surface area contributed by atoms with E-state index in [0.29, 0.717) is 5.56 Å². The molecule has 0 bridgehead atoms. The van der Waals surface area contributed by atoms with Crippen LogP contribution >= 0.6 is 31.9 Å². The van der Waals surface area contributed by atoms with Crippen molar-refractivity contribution in [3.63, 3.8) is 0 Å². The molecule has 24 heavy (non-hydrogen) atoms. The van der Waals surface area contributed by atoms with Crippen LogP contribution in [0.1, 0.15) is 30.4 Å². The summed E-state index contributed by atoms with van der Waals surface area (Å²) in [5, 5.41) is 20.1. The Kier molecular flexibility index (Phi) is 5.70. The number of nitrogens with zero attached hydrogens (tertiary/aromatic N) is 2. The fourth-order valence-corrected chi connectivity index (χ4v) is 3.82. The first kappa shape index (κ1) is 17.2. The Labute approximate surface area is 158 Å². The Hall–Kier alpha value is -1.64. The molecule has 0 fully saturated rings. The van der Waals surface area contributed by atoms with Crippen LogP contribution in [0, 0.1) is 11.3 Å². The highest BCUT2D eigenvalue weighted by molar-refractivity contribution is 9.10. The monoisotopic (exact) mass is 445 g/mol. The number of aromatic amines is 1. The predicted octanol–water partition coefficient (Wildman–Crippen LogP) is 5.97. The smallest absolute Gasteiger partial charge is 0.100 e. The zero-order chi connectivity index (χ0) is 16.9. The van der Waals surface area contributed by atoms with Crippen LogP contribution in [0.2, 0.25) is 0 Å². The molecule has 5 heteroatoms. The van der Waals surface area contributed by atoms with Crippen molar-refractivity contribution in [3.8, 4) is 17.3 Å². The summed E-state index contributed by atoms with van der Waals surface area (Å²) in [6, 6.07) is 12.7. The lowest BCUT2D eigenvalue weighted by Gasteiger charge is -2.14. The number of alkyl halides is 1. The van der Waals surface area contributed by atoms with Crippen molar-refractivity contribution >= 4 is 42.6 Å². The number of benzene rings is 2. The van der Waals surface area contributed by atoms with Crippen LogP contribution < -0.4 is 0 Å². The van der Waals surface area contributed by atoms with Crippen molar-refractivity contribution < 1.29 is 0 Å². The van der Waals surface area contributed by atoms with Gasteiger partial charge in [-0.3, -0.25) is 5.10 Å². The summed E-state index contributed by atoms with van der Waals surface area (Å²) in [5.41, 5.74) is 3.77. The average Bonchev–Trinajstić information content (AvgIpc) is 3.03. The van der Waals surface area contributed by atoms with Gasteiger partial charge in [0.15, 0.2) is 0 Å². The molecule has 0 aliphatic carbocycles. The summed E-state index contributed by atoms with van der Waals surface area (Å²) < 4.78 is 0.885. The van der Waals surface area contributed by atoms with E-state index in [0.717, 1.165) is 44.7 Å². The van der Waals surface area contributed by atoms with Gasteiger partial charge in [-0.25, -0.2) is 0 Å². The maximum atomic E-state index is 9.83. The zero-order valence-electron chi connectivity index (χ0n) is 13.1. The number of aromatic nitrogens is 2. The Morgan fingerprint density at radius 1 is 1.17 bits per heavy atom. The minimum Gasteiger partial charge on any atom is -0.277 e. The first-order valence-electron chi connectivity index (χ1n) is 7.96. The van der Waals surface area contributed by atoms with Gasteiger partial charge in [-0.15, -0.1) is 0 Å². The number of fused-ring (bicyclic) bond motifs is 1. The molecule has 0 atom stereocenters. The fraction of sp³-hybridized carbons (Fsp3) is 0.263. The lowest BCUT2D eigenvalue weighted by molar-refractivity contribution is 0.725. The number of nitrogens with one attached hydrogen (secondary N) is 1. The van der Waals surface area contributed by atoms with Crippen molar-refractivity contribution in [1.82, 2.24) is 10.2 Å². The largest absolute Gasteiger partial charge is 0.277 e. The minimum absolute atomic E-state index is 0.716. The Bertz CT molecular complexity index is 893. The molecule has 2 aromatic carbocycles. The summed E-state index contributed by atoms with van der Waals surface area (Å²) in [6.45, 7) is 0. The van der Waals surface area contributed by atoms with Gasteiger partial charge in [0, 0.05) is 16.3 Å². The van der Waals surface area contributed by atoms with Gasteiger partial charge in [-0.2, -0.15) is 10.4 Å². The third-order valence-electron chi connectivity index (χ3n) is 4.17. The van der Waals surface area contributed by atoms with Gasteiger partial charge in [-0.1, -0.05) is 52.7 Å². The van der Waals surface area contributed by atoms with Gasteiger partial charge in [0.1, 0.15) is 6.07 Å². The van der Waals surface area contributed by atoms with Gasteiger partial charge in [0.2, 0.25) is 0 Å². The SMILES string of the molecule is N#Cc1c(-c2[nH]ncc2Br)c(CCCCCBr)cc2ccccc12. The normalized spacial score (nSPS) is 10.9. The molecule has 3 rings (SSSR count). The van der Waals surface area contributed by atoms with E-state index >= 15 is 0 Å². The number of H-pyrrole nitrogens is 1. The van der Waals surface area contributed by atoms with Crippen LogP contribution in [0.3, 0.4) is 0 Å². The summed E-state index contributed by atoms with van der Waals surface area (Å²) in [6.07, 6.45) is 6.13. The van der Waals surface area contributed by atoms with E-state index in [2.05, 4.69) is 60.3 Å². The number of unbranched alkanes of at least 4 members (excludes halogenated alkanes) is 2.